The zero-order valence-electron chi connectivity index (χ0n) is 18.7. The van der Waals surface area contributed by atoms with E-state index in [2.05, 4.69) is 15.1 Å². The lowest BCUT2D eigenvalue weighted by Gasteiger charge is -2.38. The van der Waals surface area contributed by atoms with Gasteiger partial charge in [-0.2, -0.15) is 13.2 Å². The van der Waals surface area contributed by atoms with Gasteiger partial charge in [-0.3, -0.25) is 14.6 Å². The Balaban J connectivity index is 1.33. The van der Waals surface area contributed by atoms with Crippen LogP contribution >= 0.6 is 0 Å². The van der Waals surface area contributed by atoms with Crippen LogP contribution in [0.2, 0.25) is 0 Å². The molecule has 2 heterocycles. The highest BCUT2D eigenvalue weighted by Crippen LogP contribution is 2.31. The van der Waals surface area contributed by atoms with Crippen LogP contribution in [0.5, 0.6) is 5.75 Å². The van der Waals surface area contributed by atoms with E-state index in [1.807, 2.05) is 30.3 Å². The van der Waals surface area contributed by atoms with E-state index in [0.29, 0.717) is 19.5 Å². The summed E-state index contributed by atoms with van der Waals surface area (Å²) in [5, 5.41) is 2.79. The normalized spacial score (nSPS) is 22.9. The van der Waals surface area contributed by atoms with Gasteiger partial charge in [0.15, 0.2) is 0 Å². The van der Waals surface area contributed by atoms with E-state index < -0.39 is 11.7 Å². The number of carbonyl (C=O) groups excluding carboxylic acids is 1. The van der Waals surface area contributed by atoms with E-state index in [-0.39, 0.29) is 24.1 Å². The lowest BCUT2D eigenvalue weighted by atomic mass is 10.0. The molecule has 4 rings (SSSR count). The Bertz CT molecular complexity index is 913. The molecule has 2 aliphatic heterocycles. The predicted molar refractivity (Wildman–Crippen MR) is 120 cm³/mol. The van der Waals surface area contributed by atoms with E-state index >= 15 is 0 Å². The van der Waals surface area contributed by atoms with E-state index in [1.54, 1.807) is 19.2 Å². The van der Waals surface area contributed by atoms with Gasteiger partial charge in [0.1, 0.15) is 11.9 Å². The van der Waals surface area contributed by atoms with Gasteiger partial charge in [0.2, 0.25) is 5.91 Å². The molecule has 178 valence electrons. The number of nitrogens with one attached hydrogen (secondary N) is 1. The van der Waals surface area contributed by atoms with E-state index in [4.69, 9.17) is 4.74 Å². The topological polar surface area (TPSA) is 44.8 Å². The summed E-state index contributed by atoms with van der Waals surface area (Å²) in [4.78, 5) is 17.1. The van der Waals surface area contributed by atoms with E-state index in [0.717, 1.165) is 49.4 Å². The first kappa shape index (κ1) is 23.6. The highest BCUT2D eigenvalue weighted by Gasteiger charge is 2.42. The number of likely N-dealkylation sites (tertiary alicyclic amines) is 2. The molecule has 2 aromatic rings. The summed E-state index contributed by atoms with van der Waals surface area (Å²) < 4.78 is 44.5. The number of hydrogen-bond donors (Lipinski definition) is 1. The monoisotopic (exact) mass is 461 g/mol. The molecule has 33 heavy (non-hydrogen) atoms. The van der Waals surface area contributed by atoms with E-state index in [1.165, 1.54) is 0 Å². The number of amides is 1. The summed E-state index contributed by atoms with van der Waals surface area (Å²) in [6.45, 7) is 3.01. The molecule has 0 spiro atoms. The van der Waals surface area contributed by atoms with Gasteiger partial charge in [-0.1, -0.05) is 30.3 Å². The molecule has 0 radical (unpaired) electrons. The molecule has 2 aromatic carbocycles. The molecule has 2 atom stereocenters. The van der Waals surface area contributed by atoms with Gasteiger partial charge in [-0.05, 0) is 55.8 Å². The fraction of sp³-hybridized carbons (Fsp3) is 0.480. The maximum Gasteiger partial charge on any atom is 0.416 e. The zero-order chi connectivity index (χ0) is 23.4. The first-order valence-electron chi connectivity index (χ1n) is 11.4. The van der Waals surface area contributed by atoms with Gasteiger partial charge in [0.05, 0.1) is 11.6 Å². The van der Waals surface area contributed by atoms with Crippen LogP contribution in [0.3, 0.4) is 0 Å². The Morgan fingerprint density at radius 3 is 2.33 bits per heavy atom. The molecule has 2 fully saturated rings. The third-order valence-corrected chi connectivity index (χ3v) is 6.61. The largest absolute Gasteiger partial charge is 0.489 e. The zero-order valence-corrected chi connectivity index (χ0v) is 18.7. The average molecular weight is 462 g/mol. The lowest BCUT2D eigenvalue weighted by molar-refractivity contribution is -0.137. The maximum atomic E-state index is 12.8. The average Bonchev–Trinajstić information content (AvgIpc) is 3.23. The lowest BCUT2D eigenvalue weighted by Crippen LogP contribution is -2.50. The summed E-state index contributed by atoms with van der Waals surface area (Å²) in [7, 11) is 1.67. The third kappa shape index (κ3) is 5.86. The Morgan fingerprint density at radius 1 is 1.06 bits per heavy atom. The number of benzene rings is 2. The van der Waals surface area contributed by atoms with Gasteiger partial charge in [0, 0.05) is 32.6 Å². The number of piperidine rings is 1. The van der Waals surface area contributed by atoms with Crippen LogP contribution in [0.4, 0.5) is 13.2 Å². The molecule has 0 aromatic heterocycles. The summed E-state index contributed by atoms with van der Waals surface area (Å²) in [6, 6.07) is 15.1. The van der Waals surface area contributed by atoms with Crippen LogP contribution in [-0.4, -0.2) is 60.6 Å². The van der Waals surface area contributed by atoms with Crippen molar-refractivity contribution in [2.24, 2.45) is 0 Å². The van der Waals surface area contributed by atoms with Crippen molar-refractivity contribution in [2.75, 3.05) is 26.7 Å². The van der Waals surface area contributed by atoms with Crippen molar-refractivity contribution in [3.8, 4) is 5.75 Å². The predicted octanol–water partition coefficient (Wildman–Crippen LogP) is 3.94. The van der Waals surface area contributed by atoms with Crippen LogP contribution in [0.15, 0.2) is 54.6 Å². The number of nitrogens with zero attached hydrogens (tertiary/aromatic N) is 2. The highest BCUT2D eigenvalue weighted by atomic mass is 19.4. The Kier molecular flexibility index (Phi) is 7.24. The van der Waals surface area contributed by atoms with Gasteiger partial charge in [0.25, 0.3) is 0 Å². The first-order chi connectivity index (χ1) is 15.8. The van der Waals surface area contributed by atoms with Gasteiger partial charge >= 0.3 is 6.18 Å². The number of likely N-dealkylation sites (N-methyl/N-ethyl adjacent to an activating group) is 1. The second kappa shape index (κ2) is 10.1. The van der Waals surface area contributed by atoms with Crippen LogP contribution < -0.4 is 10.1 Å². The van der Waals surface area contributed by atoms with Crippen molar-refractivity contribution in [2.45, 2.75) is 50.2 Å². The number of ether oxygens (including phenoxy) is 1. The molecule has 5 nitrogen and oxygen atoms in total. The number of carbonyl (C=O) groups is 1. The number of rotatable bonds is 6. The van der Waals surface area contributed by atoms with E-state index in [9.17, 15) is 18.0 Å². The number of hydrogen-bond acceptors (Lipinski definition) is 4. The first-order valence-corrected chi connectivity index (χ1v) is 11.4. The summed E-state index contributed by atoms with van der Waals surface area (Å²) in [5.74, 6) is 0.827. The van der Waals surface area contributed by atoms with Crippen molar-refractivity contribution in [3.05, 3.63) is 65.7 Å². The van der Waals surface area contributed by atoms with Crippen molar-refractivity contribution in [1.29, 1.82) is 0 Å². The quantitative estimate of drug-likeness (QED) is 0.708. The molecular weight excluding hydrogens is 431 g/mol. The highest BCUT2D eigenvalue weighted by molar-refractivity contribution is 5.81. The third-order valence-electron chi connectivity index (χ3n) is 6.61. The maximum absolute atomic E-state index is 12.8. The molecule has 1 N–H and O–H groups in total. The minimum Gasteiger partial charge on any atom is -0.489 e. The molecule has 1 amide bonds. The molecule has 0 saturated carbocycles. The minimum atomic E-state index is -4.31. The van der Waals surface area contributed by atoms with Crippen LogP contribution in [0.1, 0.15) is 30.4 Å². The molecule has 0 aliphatic carbocycles. The summed E-state index contributed by atoms with van der Waals surface area (Å²) in [6.07, 6.45) is -1.88. The van der Waals surface area contributed by atoms with Crippen molar-refractivity contribution >= 4 is 5.91 Å². The Hall–Kier alpha value is -2.58. The SMILES string of the molecule is CNC(=O)[C@@H]1C[C@H](Oc2ccccc2)CN1C1CCN(Cc2ccc(C(F)(F)F)cc2)CC1. The molecule has 0 bridgehead atoms. The number of halogens is 3. The molecule has 2 aliphatic rings. The standard InChI is InChI=1S/C25H30F3N3O2/c1-29-24(32)23-15-22(33-21-5-3-2-4-6-21)17-31(23)20-11-13-30(14-12-20)16-18-7-9-19(10-8-18)25(26,27)28/h2-10,20,22-23H,11-17H2,1H3,(H,29,32)/t22-,23-/m0/s1. The molecule has 0 unspecified atom stereocenters. The minimum absolute atomic E-state index is 0.0151. The Morgan fingerprint density at radius 2 is 1.73 bits per heavy atom. The second-order valence-corrected chi connectivity index (χ2v) is 8.82. The van der Waals surface area contributed by atoms with Crippen molar-refractivity contribution in [1.82, 2.24) is 15.1 Å². The summed E-state index contributed by atoms with van der Waals surface area (Å²) in [5.41, 5.74) is 0.258. The van der Waals surface area contributed by atoms with Crippen LogP contribution in [0.25, 0.3) is 0 Å². The summed E-state index contributed by atoms with van der Waals surface area (Å²) >= 11 is 0. The van der Waals surface area contributed by atoms with Gasteiger partial charge in [-0.15, -0.1) is 0 Å². The Labute approximate surface area is 192 Å². The smallest absolute Gasteiger partial charge is 0.416 e. The number of para-hydroxylation sites is 1. The fourth-order valence-corrected chi connectivity index (χ4v) is 4.89. The van der Waals surface area contributed by atoms with Gasteiger partial charge in [-0.25, -0.2) is 0 Å². The molecule has 2 saturated heterocycles. The number of alkyl halides is 3. The van der Waals surface area contributed by atoms with Crippen LogP contribution in [0, 0.1) is 0 Å². The molecular formula is C25H30F3N3O2. The second-order valence-electron chi connectivity index (χ2n) is 8.82. The van der Waals surface area contributed by atoms with Crippen LogP contribution in [-0.2, 0) is 17.5 Å². The van der Waals surface area contributed by atoms with Crippen molar-refractivity contribution < 1.29 is 22.7 Å². The van der Waals surface area contributed by atoms with Crippen molar-refractivity contribution in [3.63, 3.8) is 0 Å². The van der Waals surface area contributed by atoms with Gasteiger partial charge < -0.3 is 10.1 Å². The fourth-order valence-electron chi connectivity index (χ4n) is 4.89. The molecule has 8 heteroatoms.